The molecule has 0 heterocycles. The number of carbonyl (C=O) groups is 1. The SMILES string of the molecule is C[C@@H](NC(=O)[C@@H](N)CC1CC1)c1ccccc1Cl. The standard InChI is InChI=1S/C14H19ClN2O/c1-9(11-4-2-3-5-12(11)15)17-14(18)13(16)8-10-6-7-10/h2-5,9-10,13H,6-8,16H2,1H3,(H,17,18)/t9-,13+/m1/s1. The normalized spacial score (nSPS) is 18.2. The van der Waals surface area contributed by atoms with Crippen LogP contribution in [0, 0.1) is 5.92 Å². The highest BCUT2D eigenvalue weighted by molar-refractivity contribution is 6.31. The summed E-state index contributed by atoms with van der Waals surface area (Å²) in [5, 5.41) is 3.59. The molecule has 0 aliphatic heterocycles. The molecule has 2 rings (SSSR count). The molecule has 1 aromatic rings. The third-order valence-electron chi connectivity index (χ3n) is 3.35. The maximum absolute atomic E-state index is 11.9. The van der Waals surface area contributed by atoms with E-state index in [1.165, 1.54) is 12.8 Å². The number of benzene rings is 1. The van der Waals surface area contributed by atoms with Crippen molar-refractivity contribution in [2.45, 2.75) is 38.3 Å². The second-order valence-corrected chi connectivity index (χ2v) is 5.44. The number of hydrogen-bond donors (Lipinski definition) is 2. The van der Waals surface area contributed by atoms with Crippen molar-refractivity contribution in [1.82, 2.24) is 5.32 Å². The minimum Gasteiger partial charge on any atom is -0.348 e. The van der Waals surface area contributed by atoms with E-state index in [4.69, 9.17) is 17.3 Å². The summed E-state index contributed by atoms with van der Waals surface area (Å²) in [6, 6.07) is 7.01. The Morgan fingerprint density at radius 3 is 2.78 bits per heavy atom. The van der Waals surface area contributed by atoms with Crippen LogP contribution in [-0.2, 0) is 4.79 Å². The van der Waals surface area contributed by atoms with Gasteiger partial charge in [0, 0.05) is 5.02 Å². The average Bonchev–Trinajstić information content (AvgIpc) is 3.13. The van der Waals surface area contributed by atoms with Crippen LogP contribution >= 0.6 is 11.6 Å². The van der Waals surface area contributed by atoms with Crippen LogP contribution < -0.4 is 11.1 Å². The smallest absolute Gasteiger partial charge is 0.237 e. The van der Waals surface area contributed by atoms with Crippen LogP contribution in [0.5, 0.6) is 0 Å². The molecule has 3 nitrogen and oxygen atoms in total. The Bertz CT molecular complexity index is 432. The van der Waals surface area contributed by atoms with Gasteiger partial charge >= 0.3 is 0 Å². The zero-order valence-electron chi connectivity index (χ0n) is 10.5. The van der Waals surface area contributed by atoms with E-state index in [2.05, 4.69) is 5.32 Å². The third-order valence-corrected chi connectivity index (χ3v) is 3.70. The van der Waals surface area contributed by atoms with E-state index in [1.54, 1.807) is 0 Å². The quantitative estimate of drug-likeness (QED) is 0.861. The molecule has 1 saturated carbocycles. The van der Waals surface area contributed by atoms with Crippen molar-refractivity contribution >= 4 is 17.5 Å². The highest BCUT2D eigenvalue weighted by Crippen LogP contribution is 2.33. The van der Waals surface area contributed by atoms with Gasteiger partial charge in [0.2, 0.25) is 5.91 Å². The fourth-order valence-electron chi connectivity index (χ4n) is 2.04. The van der Waals surface area contributed by atoms with Crippen LogP contribution in [0.4, 0.5) is 0 Å². The lowest BCUT2D eigenvalue weighted by Crippen LogP contribution is -2.41. The summed E-state index contributed by atoms with van der Waals surface area (Å²) < 4.78 is 0. The molecule has 98 valence electrons. The van der Waals surface area contributed by atoms with Crippen molar-refractivity contribution in [1.29, 1.82) is 0 Å². The minimum atomic E-state index is -0.401. The summed E-state index contributed by atoms with van der Waals surface area (Å²) in [4.78, 5) is 11.9. The second kappa shape index (κ2) is 5.72. The largest absolute Gasteiger partial charge is 0.348 e. The van der Waals surface area contributed by atoms with Gasteiger partial charge in [-0.05, 0) is 30.9 Å². The van der Waals surface area contributed by atoms with Gasteiger partial charge in [0.05, 0.1) is 12.1 Å². The fourth-order valence-corrected chi connectivity index (χ4v) is 2.34. The number of amides is 1. The molecule has 0 saturated heterocycles. The second-order valence-electron chi connectivity index (χ2n) is 5.04. The Morgan fingerprint density at radius 2 is 2.17 bits per heavy atom. The molecule has 0 bridgehead atoms. The van der Waals surface area contributed by atoms with Crippen molar-refractivity contribution in [2.75, 3.05) is 0 Å². The van der Waals surface area contributed by atoms with Crippen molar-refractivity contribution < 1.29 is 4.79 Å². The summed E-state index contributed by atoms with van der Waals surface area (Å²) >= 11 is 6.09. The van der Waals surface area contributed by atoms with E-state index >= 15 is 0 Å². The van der Waals surface area contributed by atoms with Gasteiger partial charge in [0.15, 0.2) is 0 Å². The molecule has 1 aliphatic rings. The Labute approximate surface area is 113 Å². The van der Waals surface area contributed by atoms with Crippen LogP contribution in [0.25, 0.3) is 0 Å². The number of rotatable bonds is 5. The highest BCUT2D eigenvalue weighted by Gasteiger charge is 2.27. The van der Waals surface area contributed by atoms with E-state index in [9.17, 15) is 4.79 Å². The number of nitrogens with one attached hydrogen (secondary N) is 1. The number of carbonyl (C=O) groups excluding carboxylic acids is 1. The van der Waals surface area contributed by atoms with Crippen LogP contribution in [0.1, 0.15) is 37.8 Å². The zero-order valence-corrected chi connectivity index (χ0v) is 11.3. The molecular weight excluding hydrogens is 248 g/mol. The molecular formula is C14H19ClN2O. The number of halogens is 1. The summed E-state index contributed by atoms with van der Waals surface area (Å²) in [6.45, 7) is 1.92. The summed E-state index contributed by atoms with van der Waals surface area (Å²) in [5.74, 6) is 0.565. The van der Waals surface area contributed by atoms with Crippen molar-refractivity contribution in [2.24, 2.45) is 11.7 Å². The molecule has 0 radical (unpaired) electrons. The first-order valence-corrected chi connectivity index (χ1v) is 6.76. The first kappa shape index (κ1) is 13.4. The lowest BCUT2D eigenvalue weighted by atomic mass is 10.1. The number of hydrogen-bond acceptors (Lipinski definition) is 2. The molecule has 1 aromatic carbocycles. The lowest BCUT2D eigenvalue weighted by molar-refractivity contribution is -0.123. The van der Waals surface area contributed by atoms with Crippen molar-refractivity contribution in [3.63, 3.8) is 0 Å². The predicted molar refractivity (Wildman–Crippen MR) is 73.3 cm³/mol. The molecule has 1 fully saturated rings. The topological polar surface area (TPSA) is 55.1 Å². The number of nitrogens with two attached hydrogens (primary N) is 1. The van der Waals surface area contributed by atoms with Crippen LogP contribution in [-0.4, -0.2) is 11.9 Å². The van der Waals surface area contributed by atoms with Crippen molar-refractivity contribution in [3.05, 3.63) is 34.9 Å². The van der Waals surface area contributed by atoms with Crippen LogP contribution in [0.3, 0.4) is 0 Å². The predicted octanol–water partition coefficient (Wildman–Crippen LogP) is 2.64. The van der Waals surface area contributed by atoms with E-state index in [-0.39, 0.29) is 11.9 Å². The molecule has 0 unspecified atom stereocenters. The molecule has 4 heteroatoms. The van der Waals surface area contributed by atoms with E-state index in [0.717, 1.165) is 12.0 Å². The minimum absolute atomic E-state index is 0.0886. The summed E-state index contributed by atoms with van der Waals surface area (Å²) in [7, 11) is 0. The van der Waals surface area contributed by atoms with Gasteiger partial charge in [-0.2, -0.15) is 0 Å². The van der Waals surface area contributed by atoms with E-state index in [1.807, 2.05) is 31.2 Å². The van der Waals surface area contributed by atoms with Gasteiger partial charge in [0.1, 0.15) is 0 Å². The molecule has 18 heavy (non-hydrogen) atoms. The fraction of sp³-hybridized carbons (Fsp3) is 0.500. The van der Waals surface area contributed by atoms with Crippen LogP contribution in [0.15, 0.2) is 24.3 Å². The molecule has 1 amide bonds. The van der Waals surface area contributed by atoms with Gasteiger partial charge in [-0.1, -0.05) is 42.6 Å². The van der Waals surface area contributed by atoms with Gasteiger partial charge in [0.25, 0.3) is 0 Å². The van der Waals surface area contributed by atoms with Gasteiger partial charge < -0.3 is 11.1 Å². The molecule has 2 atom stereocenters. The molecule has 1 aliphatic carbocycles. The third kappa shape index (κ3) is 3.47. The summed E-state index contributed by atoms with van der Waals surface area (Å²) in [6.07, 6.45) is 3.21. The average molecular weight is 267 g/mol. The van der Waals surface area contributed by atoms with Crippen molar-refractivity contribution in [3.8, 4) is 0 Å². The zero-order chi connectivity index (χ0) is 13.1. The first-order chi connectivity index (χ1) is 8.58. The maximum Gasteiger partial charge on any atom is 0.237 e. The Hall–Kier alpha value is -1.06. The Morgan fingerprint density at radius 1 is 1.50 bits per heavy atom. The van der Waals surface area contributed by atoms with E-state index < -0.39 is 6.04 Å². The molecule has 0 aromatic heterocycles. The Balaban J connectivity index is 1.91. The lowest BCUT2D eigenvalue weighted by Gasteiger charge is -2.18. The highest BCUT2D eigenvalue weighted by atomic mass is 35.5. The Kier molecular flexibility index (Phi) is 4.25. The van der Waals surface area contributed by atoms with Gasteiger partial charge in [-0.3, -0.25) is 4.79 Å². The summed E-state index contributed by atoms with van der Waals surface area (Å²) in [5.41, 5.74) is 6.80. The van der Waals surface area contributed by atoms with Crippen LogP contribution in [0.2, 0.25) is 5.02 Å². The maximum atomic E-state index is 11.9. The monoisotopic (exact) mass is 266 g/mol. The van der Waals surface area contributed by atoms with Gasteiger partial charge in [-0.15, -0.1) is 0 Å². The van der Waals surface area contributed by atoms with Gasteiger partial charge in [-0.25, -0.2) is 0 Å². The first-order valence-electron chi connectivity index (χ1n) is 6.38. The van der Waals surface area contributed by atoms with E-state index in [0.29, 0.717) is 10.9 Å². The molecule has 3 N–H and O–H groups in total. The molecule has 0 spiro atoms.